The third-order valence-corrected chi connectivity index (χ3v) is 3.84. The van der Waals surface area contributed by atoms with Crippen LogP contribution in [0.25, 0.3) is 0 Å². The molecule has 0 saturated heterocycles. The number of phenols is 1. The third kappa shape index (κ3) is 5.71. The highest BCUT2D eigenvalue weighted by Crippen LogP contribution is 2.36. The summed E-state index contributed by atoms with van der Waals surface area (Å²) >= 11 is 11.8. The topological polar surface area (TPSA) is 58.6 Å². The summed E-state index contributed by atoms with van der Waals surface area (Å²) in [7, 11) is 0. The lowest BCUT2D eigenvalue weighted by Gasteiger charge is -2.11. The first kappa shape index (κ1) is 20.2. The number of hydrogen-bond donors (Lipinski definition) is 2. The van der Waals surface area contributed by atoms with Crippen LogP contribution in [0.4, 0.5) is 18.9 Å². The Morgan fingerprint density at radius 2 is 1.69 bits per heavy atom. The van der Waals surface area contributed by atoms with E-state index in [1.54, 1.807) is 0 Å². The van der Waals surface area contributed by atoms with Crippen LogP contribution >= 0.6 is 23.2 Å². The Hall–Kier alpha value is -2.12. The van der Waals surface area contributed by atoms with Gasteiger partial charge in [-0.1, -0.05) is 23.2 Å². The zero-order valence-electron chi connectivity index (χ0n) is 13.2. The second-order valence-corrected chi connectivity index (χ2v) is 6.13. The van der Waals surface area contributed by atoms with E-state index in [0.717, 1.165) is 12.1 Å². The Balaban J connectivity index is 1.79. The van der Waals surface area contributed by atoms with Gasteiger partial charge in [-0.15, -0.1) is 0 Å². The summed E-state index contributed by atoms with van der Waals surface area (Å²) in [5.41, 5.74) is -0.514. The van der Waals surface area contributed by atoms with Gasteiger partial charge in [0.05, 0.1) is 22.2 Å². The average molecular weight is 408 g/mol. The van der Waals surface area contributed by atoms with Gasteiger partial charge in [-0.3, -0.25) is 4.79 Å². The number of carbonyl (C=O) groups excluding carboxylic acids is 1. The summed E-state index contributed by atoms with van der Waals surface area (Å²) in [5, 5.41) is 12.1. The van der Waals surface area contributed by atoms with E-state index in [9.17, 15) is 23.1 Å². The van der Waals surface area contributed by atoms with Gasteiger partial charge < -0.3 is 15.2 Å². The summed E-state index contributed by atoms with van der Waals surface area (Å²) in [6.07, 6.45) is -4.00. The Kier molecular flexibility index (Phi) is 6.61. The van der Waals surface area contributed by atoms with Crippen LogP contribution in [-0.4, -0.2) is 17.6 Å². The monoisotopic (exact) mass is 407 g/mol. The second-order valence-electron chi connectivity index (χ2n) is 5.31. The fourth-order valence-corrected chi connectivity index (χ4v) is 2.64. The first-order chi connectivity index (χ1) is 12.2. The minimum absolute atomic E-state index is 0.0916. The van der Waals surface area contributed by atoms with Crippen molar-refractivity contribution in [2.75, 3.05) is 11.9 Å². The molecular formula is C17H14Cl2F3NO3. The number of rotatable bonds is 6. The Labute approximate surface area is 157 Å². The molecule has 0 saturated carbocycles. The molecule has 140 valence electrons. The van der Waals surface area contributed by atoms with Gasteiger partial charge in [0.2, 0.25) is 5.91 Å². The van der Waals surface area contributed by atoms with Crippen LogP contribution in [0.2, 0.25) is 10.0 Å². The normalized spacial score (nSPS) is 11.3. The zero-order valence-corrected chi connectivity index (χ0v) is 14.8. The number of carbonyl (C=O) groups is 1. The molecule has 0 radical (unpaired) electrons. The first-order valence-corrected chi connectivity index (χ1v) is 8.20. The van der Waals surface area contributed by atoms with Crippen LogP contribution in [-0.2, 0) is 11.0 Å². The molecule has 2 aromatic carbocycles. The number of phenolic OH excluding ortho intramolecular Hbond substituents is 1. The van der Waals surface area contributed by atoms with Crippen molar-refractivity contribution < 1.29 is 27.8 Å². The van der Waals surface area contributed by atoms with Crippen molar-refractivity contribution in [3.8, 4) is 11.5 Å². The molecule has 0 heterocycles. The fourth-order valence-electron chi connectivity index (χ4n) is 2.06. The van der Waals surface area contributed by atoms with Crippen molar-refractivity contribution in [2.24, 2.45) is 0 Å². The van der Waals surface area contributed by atoms with E-state index in [2.05, 4.69) is 5.32 Å². The highest BCUT2D eigenvalue weighted by Gasteiger charge is 2.29. The van der Waals surface area contributed by atoms with Crippen LogP contribution < -0.4 is 10.1 Å². The molecule has 0 aliphatic heterocycles. The summed E-state index contributed by atoms with van der Waals surface area (Å²) in [6, 6.07) is 6.72. The maximum atomic E-state index is 12.5. The van der Waals surface area contributed by atoms with Gasteiger partial charge in [0.1, 0.15) is 5.75 Å². The van der Waals surface area contributed by atoms with E-state index in [0.29, 0.717) is 6.42 Å². The van der Waals surface area contributed by atoms with Gasteiger partial charge in [-0.05, 0) is 30.7 Å². The molecule has 2 N–H and O–H groups in total. The Bertz CT molecular complexity index is 757. The lowest BCUT2D eigenvalue weighted by Crippen LogP contribution is -2.13. The predicted octanol–water partition coefficient (Wildman–Crippen LogP) is 5.52. The number of anilines is 1. The molecule has 2 aromatic rings. The summed E-state index contributed by atoms with van der Waals surface area (Å²) in [4.78, 5) is 11.8. The van der Waals surface area contributed by atoms with E-state index in [-0.39, 0.29) is 46.2 Å². The minimum Gasteiger partial charge on any atom is -0.508 e. The molecule has 4 nitrogen and oxygen atoms in total. The number of alkyl halides is 3. The number of hydrogen-bond acceptors (Lipinski definition) is 3. The summed E-state index contributed by atoms with van der Waals surface area (Å²) in [5.74, 6) is -0.256. The Morgan fingerprint density at radius 1 is 1.12 bits per heavy atom. The SMILES string of the molecule is O=C(CCCOc1c(Cl)cc(O)cc1Cl)Nc1ccc(C(F)(F)F)cc1. The predicted molar refractivity (Wildman–Crippen MR) is 92.9 cm³/mol. The standard InChI is InChI=1S/C17H14Cl2F3NO3/c18-13-8-12(24)9-14(19)16(13)26-7-1-2-15(25)23-11-5-3-10(4-6-11)17(20,21)22/h3-6,8-9,24H,1-2,7H2,(H,23,25). The maximum Gasteiger partial charge on any atom is 0.416 e. The van der Waals surface area contributed by atoms with Crippen molar-refractivity contribution in [1.29, 1.82) is 0 Å². The largest absolute Gasteiger partial charge is 0.508 e. The molecule has 9 heteroatoms. The van der Waals surface area contributed by atoms with E-state index >= 15 is 0 Å². The molecule has 2 rings (SSSR count). The molecular weight excluding hydrogens is 394 g/mol. The molecule has 0 spiro atoms. The molecule has 1 amide bonds. The number of aromatic hydroxyl groups is 1. The molecule has 0 aliphatic rings. The van der Waals surface area contributed by atoms with Gasteiger partial charge in [0.25, 0.3) is 0 Å². The number of ether oxygens (including phenoxy) is 1. The highest BCUT2D eigenvalue weighted by molar-refractivity contribution is 6.37. The van der Waals surface area contributed by atoms with Crippen LogP contribution in [0.15, 0.2) is 36.4 Å². The van der Waals surface area contributed by atoms with Crippen LogP contribution in [0.5, 0.6) is 11.5 Å². The van der Waals surface area contributed by atoms with Gasteiger partial charge in [0, 0.05) is 24.2 Å². The lowest BCUT2D eigenvalue weighted by molar-refractivity contribution is -0.137. The van der Waals surface area contributed by atoms with Crippen LogP contribution in [0.3, 0.4) is 0 Å². The number of halogens is 5. The van der Waals surface area contributed by atoms with Crippen molar-refractivity contribution >= 4 is 34.8 Å². The smallest absolute Gasteiger partial charge is 0.416 e. The van der Waals surface area contributed by atoms with Crippen molar-refractivity contribution in [3.05, 3.63) is 52.0 Å². The maximum absolute atomic E-state index is 12.5. The second kappa shape index (κ2) is 8.51. The van der Waals surface area contributed by atoms with E-state index in [1.807, 2.05) is 0 Å². The molecule has 0 unspecified atom stereocenters. The van der Waals surface area contributed by atoms with E-state index in [1.165, 1.54) is 24.3 Å². The van der Waals surface area contributed by atoms with Crippen LogP contribution in [0, 0.1) is 0 Å². The summed E-state index contributed by atoms with van der Waals surface area (Å²) in [6.45, 7) is 0.143. The summed E-state index contributed by atoms with van der Waals surface area (Å²) < 4.78 is 42.8. The van der Waals surface area contributed by atoms with Gasteiger partial charge in [-0.2, -0.15) is 13.2 Å². The number of benzene rings is 2. The van der Waals surface area contributed by atoms with E-state index < -0.39 is 11.7 Å². The minimum atomic E-state index is -4.42. The zero-order chi connectivity index (χ0) is 19.3. The van der Waals surface area contributed by atoms with Crippen molar-refractivity contribution in [3.63, 3.8) is 0 Å². The van der Waals surface area contributed by atoms with Crippen LogP contribution in [0.1, 0.15) is 18.4 Å². The Morgan fingerprint density at radius 3 is 2.23 bits per heavy atom. The van der Waals surface area contributed by atoms with Gasteiger partial charge in [0.15, 0.2) is 5.75 Å². The molecule has 0 aliphatic carbocycles. The fraction of sp³-hybridized carbons (Fsp3) is 0.235. The quantitative estimate of drug-likeness (QED) is 0.620. The molecule has 0 aromatic heterocycles. The van der Waals surface area contributed by atoms with Gasteiger partial charge >= 0.3 is 6.18 Å². The molecule has 0 bridgehead atoms. The number of nitrogens with one attached hydrogen (secondary N) is 1. The lowest BCUT2D eigenvalue weighted by atomic mass is 10.2. The average Bonchev–Trinajstić information content (AvgIpc) is 2.52. The molecule has 26 heavy (non-hydrogen) atoms. The highest BCUT2D eigenvalue weighted by atomic mass is 35.5. The van der Waals surface area contributed by atoms with Crippen molar-refractivity contribution in [1.82, 2.24) is 0 Å². The third-order valence-electron chi connectivity index (χ3n) is 3.27. The molecule has 0 atom stereocenters. The van der Waals surface area contributed by atoms with Gasteiger partial charge in [-0.25, -0.2) is 0 Å². The first-order valence-electron chi connectivity index (χ1n) is 7.45. The van der Waals surface area contributed by atoms with Crippen molar-refractivity contribution in [2.45, 2.75) is 19.0 Å². The molecule has 0 fully saturated rings. The number of amides is 1. The van der Waals surface area contributed by atoms with E-state index in [4.69, 9.17) is 27.9 Å².